The maximum Gasteiger partial charge on any atom is 0.490 e. The Morgan fingerprint density at radius 1 is 0.976 bits per heavy atom. The molecule has 0 saturated carbocycles. The fourth-order valence-electron chi connectivity index (χ4n) is 4.33. The average Bonchev–Trinajstić information content (AvgIpc) is 2.94. The van der Waals surface area contributed by atoms with Gasteiger partial charge in [-0.05, 0) is 67.9 Å². The Bertz CT molecular complexity index is 1490. The first-order chi connectivity index (χ1) is 20.0. The Hall–Kier alpha value is -4.09. The first-order valence-electron chi connectivity index (χ1n) is 13.3. The minimum absolute atomic E-state index is 0.143. The molecule has 8 nitrogen and oxygen atoms in total. The highest BCUT2D eigenvalue weighted by molar-refractivity contribution is 6.30. The first kappa shape index (κ1) is 30.9. The van der Waals surface area contributed by atoms with Crippen molar-refractivity contribution in [3.8, 4) is 5.75 Å². The molecule has 1 aliphatic rings. The molecule has 1 saturated heterocycles. The molecule has 0 unspecified atom stereocenters. The van der Waals surface area contributed by atoms with Crippen molar-refractivity contribution in [1.29, 1.82) is 0 Å². The molecular formula is C30H31ClF3N5O3. The van der Waals surface area contributed by atoms with Crippen molar-refractivity contribution in [2.75, 3.05) is 36.4 Å². The Labute approximate surface area is 246 Å². The van der Waals surface area contributed by atoms with Crippen LogP contribution in [-0.2, 0) is 11.3 Å². The first-order valence-corrected chi connectivity index (χ1v) is 13.7. The predicted molar refractivity (Wildman–Crippen MR) is 158 cm³/mol. The smallest absolute Gasteiger partial charge is 0.490 e. The number of ether oxygens (including phenoxy) is 1. The third-order valence-electron chi connectivity index (χ3n) is 6.25. The van der Waals surface area contributed by atoms with Gasteiger partial charge in [-0.1, -0.05) is 35.9 Å². The predicted octanol–water partition coefficient (Wildman–Crippen LogP) is 6.77. The molecule has 1 aromatic heterocycles. The van der Waals surface area contributed by atoms with Crippen LogP contribution in [0.4, 0.5) is 30.5 Å². The van der Waals surface area contributed by atoms with E-state index >= 15 is 0 Å². The molecule has 0 bridgehead atoms. The van der Waals surface area contributed by atoms with Gasteiger partial charge in [0, 0.05) is 43.4 Å². The number of hydrogen-bond donors (Lipinski definition) is 2. The number of halogens is 4. The lowest BCUT2D eigenvalue weighted by atomic mass is 10.2. The van der Waals surface area contributed by atoms with Crippen LogP contribution in [0.25, 0.3) is 11.0 Å². The third kappa shape index (κ3) is 8.70. The summed E-state index contributed by atoms with van der Waals surface area (Å²) in [4.78, 5) is 23.6. The number of carboxylic acid groups (broad SMARTS) is 1. The molecule has 12 heteroatoms. The van der Waals surface area contributed by atoms with Crippen LogP contribution in [0.5, 0.6) is 5.75 Å². The fraction of sp³-hybridized carbons (Fsp3) is 0.300. The molecule has 0 spiro atoms. The van der Waals surface area contributed by atoms with E-state index in [9.17, 15) is 13.2 Å². The highest BCUT2D eigenvalue weighted by Gasteiger charge is 2.38. The summed E-state index contributed by atoms with van der Waals surface area (Å²) in [6.45, 7) is 8.60. The maximum atomic E-state index is 10.6. The molecule has 0 atom stereocenters. The zero-order valence-corrected chi connectivity index (χ0v) is 23.9. The summed E-state index contributed by atoms with van der Waals surface area (Å²) >= 11 is 6.17. The van der Waals surface area contributed by atoms with Gasteiger partial charge in [0.05, 0.1) is 17.1 Å². The molecule has 1 aliphatic heterocycles. The van der Waals surface area contributed by atoms with Crippen LogP contribution in [0, 0.1) is 0 Å². The van der Waals surface area contributed by atoms with Gasteiger partial charge in [0.25, 0.3) is 0 Å². The fourth-order valence-corrected chi connectivity index (χ4v) is 4.54. The molecule has 4 aromatic rings. The number of para-hydroxylation sites is 2. The highest BCUT2D eigenvalue weighted by Crippen LogP contribution is 2.30. The zero-order chi connectivity index (χ0) is 30.3. The van der Waals surface area contributed by atoms with Crippen molar-refractivity contribution in [3.05, 3.63) is 83.4 Å². The molecule has 2 heterocycles. The third-order valence-corrected chi connectivity index (χ3v) is 6.49. The monoisotopic (exact) mass is 601 g/mol. The van der Waals surface area contributed by atoms with Gasteiger partial charge in [0.2, 0.25) is 0 Å². The topological polar surface area (TPSA) is 90.8 Å². The van der Waals surface area contributed by atoms with Gasteiger partial charge in [-0.25, -0.2) is 14.8 Å². The molecule has 1 fully saturated rings. The van der Waals surface area contributed by atoms with Gasteiger partial charge in [0.15, 0.2) is 11.6 Å². The van der Waals surface area contributed by atoms with E-state index in [0.717, 1.165) is 71.9 Å². The van der Waals surface area contributed by atoms with Gasteiger partial charge < -0.3 is 20.1 Å². The minimum Gasteiger partial charge on any atom is -0.491 e. The second kappa shape index (κ2) is 13.7. The van der Waals surface area contributed by atoms with Crippen LogP contribution in [0.15, 0.2) is 72.8 Å². The molecule has 0 amide bonds. The maximum absolute atomic E-state index is 10.6. The van der Waals surface area contributed by atoms with E-state index < -0.39 is 12.1 Å². The van der Waals surface area contributed by atoms with Crippen LogP contribution < -0.4 is 15.0 Å². The number of aromatic nitrogens is 2. The van der Waals surface area contributed by atoms with Crippen molar-refractivity contribution in [2.24, 2.45) is 0 Å². The lowest BCUT2D eigenvalue weighted by Gasteiger charge is -2.36. The van der Waals surface area contributed by atoms with Crippen molar-refractivity contribution >= 4 is 45.9 Å². The van der Waals surface area contributed by atoms with Crippen molar-refractivity contribution in [2.45, 2.75) is 32.7 Å². The van der Waals surface area contributed by atoms with E-state index in [1.807, 2.05) is 80.6 Å². The number of hydrogen-bond acceptors (Lipinski definition) is 7. The van der Waals surface area contributed by atoms with Gasteiger partial charge in [-0.2, -0.15) is 13.2 Å². The average molecular weight is 602 g/mol. The molecule has 0 aliphatic carbocycles. The van der Waals surface area contributed by atoms with Crippen LogP contribution in [0.1, 0.15) is 19.4 Å². The summed E-state index contributed by atoms with van der Waals surface area (Å²) < 4.78 is 37.5. The number of fused-ring (bicyclic) bond motifs is 1. The number of carboxylic acids is 1. The number of nitrogens with one attached hydrogen (secondary N) is 1. The molecule has 2 N–H and O–H groups in total. The molecular weight excluding hydrogens is 571 g/mol. The van der Waals surface area contributed by atoms with Crippen molar-refractivity contribution in [3.63, 3.8) is 0 Å². The number of anilines is 3. The second-order valence-electron chi connectivity index (χ2n) is 9.90. The number of aliphatic carboxylic acids is 1. The number of nitrogens with zero attached hydrogens (tertiary/aromatic N) is 4. The number of carbonyl (C=O) groups is 1. The summed E-state index contributed by atoms with van der Waals surface area (Å²) in [7, 11) is 0. The Balaban J connectivity index is 0.000000517. The summed E-state index contributed by atoms with van der Waals surface area (Å²) in [5.41, 5.74) is 3.96. The number of alkyl halides is 3. The van der Waals surface area contributed by atoms with E-state index in [1.54, 1.807) is 0 Å². The van der Waals surface area contributed by atoms with E-state index in [0.29, 0.717) is 0 Å². The largest absolute Gasteiger partial charge is 0.491 e. The van der Waals surface area contributed by atoms with E-state index in [-0.39, 0.29) is 6.10 Å². The van der Waals surface area contributed by atoms with Crippen LogP contribution in [-0.4, -0.2) is 64.4 Å². The van der Waals surface area contributed by atoms with Gasteiger partial charge in [-0.3, -0.25) is 4.90 Å². The van der Waals surface area contributed by atoms with Gasteiger partial charge >= 0.3 is 12.1 Å². The van der Waals surface area contributed by atoms with E-state index in [2.05, 4.69) is 21.2 Å². The Kier molecular flexibility index (Phi) is 10.1. The van der Waals surface area contributed by atoms with Crippen molar-refractivity contribution < 1.29 is 27.8 Å². The molecule has 0 radical (unpaired) electrons. The summed E-state index contributed by atoms with van der Waals surface area (Å²) in [6, 6.07) is 24.1. The lowest BCUT2D eigenvalue weighted by molar-refractivity contribution is -0.192. The quantitative estimate of drug-likeness (QED) is 0.240. The Morgan fingerprint density at radius 2 is 1.60 bits per heavy atom. The number of piperazine rings is 1. The standard InChI is InChI=1S/C28H30ClN5O.C2HF3O2/c1-20(2)35-24-12-10-23(11-13-24)30-27-28(32-26-9-4-3-8-25(26)31-27)34-16-14-33(15-17-34)19-21-6-5-7-22(29)18-21;3-2(4,5)1(6)7/h3-13,18,20H,14-17,19H2,1-2H3,(H,30,31);(H,6,7). The SMILES string of the molecule is CC(C)Oc1ccc(Nc2nc3ccccc3nc2N2CCN(Cc3cccc(Cl)c3)CC2)cc1.O=C(O)C(F)(F)F. The molecule has 42 heavy (non-hydrogen) atoms. The lowest BCUT2D eigenvalue weighted by Crippen LogP contribution is -2.46. The van der Waals surface area contributed by atoms with Crippen LogP contribution >= 0.6 is 11.6 Å². The summed E-state index contributed by atoms with van der Waals surface area (Å²) in [6.07, 6.45) is -4.94. The number of rotatable bonds is 7. The van der Waals surface area contributed by atoms with Crippen LogP contribution in [0.2, 0.25) is 5.02 Å². The Morgan fingerprint density at radius 3 is 2.17 bits per heavy atom. The van der Waals surface area contributed by atoms with Crippen LogP contribution in [0.3, 0.4) is 0 Å². The summed E-state index contributed by atoms with van der Waals surface area (Å²) in [5.74, 6) is -0.253. The second-order valence-corrected chi connectivity index (χ2v) is 10.3. The molecule has 222 valence electrons. The van der Waals surface area contributed by atoms with Gasteiger partial charge in [-0.15, -0.1) is 0 Å². The minimum atomic E-state index is -5.08. The van der Waals surface area contributed by atoms with Crippen molar-refractivity contribution in [1.82, 2.24) is 14.9 Å². The molecule has 3 aromatic carbocycles. The molecule has 5 rings (SSSR count). The number of benzene rings is 3. The van der Waals surface area contributed by atoms with E-state index in [1.165, 1.54) is 5.56 Å². The normalized spacial score (nSPS) is 13.9. The summed E-state index contributed by atoms with van der Waals surface area (Å²) in [5, 5.41) is 11.4. The van der Waals surface area contributed by atoms with E-state index in [4.69, 9.17) is 36.2 Å². The highest BCUT2D eigenvalue weighted by atomic mass is 35.5. The zero-order valence-electron chi connectivity index (χ0n) is 23.1. The van der Waals surface area contributed by atoms with Gasteiger partial charge in [0.1, 0.15) is 5.75 Å².